The summed E-state index contributed by atoms with van der Waals surface area (Å²) in [5, 5.41) is 2.62. The highest BCUT2D eigenvalue weighted by Crippen LogP contribution is 2.36. The van der Waals surface area contributed by atoms with Crippen molar-refractivity contribution in [3.05, 3.63) is 40.6 Å². The van der Waals surface area contributed by atoms with Crippen LogP contribution in [0.2, 0.25) is 0 Å². The van der Waals surface area contributed by atoms with E-state index in [2.05, 4.69) is 15.3 Å². The Balaban J connectivity index is 1.57. The zero-order valence-corrected chi connectivity index (χ0v) is 17.0. The van der Waals surface area contributed by atoms with E-state index >= 15 is 0 Å². The van der Waals surface area contributed by atoms with Gasteiger partial charge < -0.3 is 25.4 Å². The Kier molecular flexibility index (Phi) is 5.15. The molecule has 0 aliphatic carbocycles. The van der Waals surface area contributed by atoms with Gasteiger partial charge in [0.15, 0.2) is 0 Å². The molecule has 30 heavy (non-hydrogen) atoms. The number of pyridine rings is 1. The van der Waals surface area contributed by atoms with Gasteiger partial charge in [0.2, 0.25) is 5.91 Å². The summed E-state index contributed by atoms with van der Waals surface area (Å²) in [6.45, 7) is 1.64. The van der Waals surface area contributed by atoms with E-state index in [4.69, 9.17) is 5.73 Å². The van der Waals surface area contributed by atoms with E-state index in [0.29, 0.717) is 36.7 Å². The number of piperidine rings is 1. The first-order valence-electron chi connectivity index (χ1n) is 9.87. The van der Waals surface area contributed by atoms with Gasteiger partial charge in [-0.05, 0) is 18.4 Å². The smallest absolute Gasteiger partial charge is 0.317 e. The average molecular weight is 411 g/mol. The monoisotopic (exact) mass is 411 g/mol. The fraction of sp³-hybridized carbons (Fsp3) is 0.450. The number of hydrogen-bond donors (Lipinski definition) is 2. The van der Waals surface area contributed by atoms with E-state index in [1.54, 1.807) is 31.1 Å². The minimum absolute atomic E-state index is 0.0382. The number of nitrogens with zero attached hydrogens (tertiary/aromatic N) is 5. The number of amides is 3. The van der Waals surface area contributed by atoms with Gasteiger partial charge >= 0.3 is 6.03 Å². The first kappa shape index (κ1) is 19.9. The molecular formula is C20H25N7O3. The molecule has 4 rings (SSSR count). The van der Waals surface area contributed by atoms with Crippen LogP contribution in [0.4, 0.5) is 10.6 Å². The maximum atomic E-state index is 12.8. The van der Waals surface area contributed by atoms with Gasteiger partial charge in [0.1, 0.15) is 12.1 Å². The van der Waals surface area contributed by atoms with E-state index in [1.165, 1.54) is 11.2 Å². The Morgan fingerprint density at radius 2 is 2.00 bits per heavy atom. The molecule has 2 aromatic rings. The molecule has 0 spiro atoms. The molecule has 4 heterocycles. The highest BCUT2D eigenvalue weighted by Gasteiger charge is 2.36. The van der Waals surface area contributed by atoms with Crippen molar-refractivity contribution >= 4 is 17.8 Å². The Bertz CT molecular complexity index is 1050. The molecule has 10 nitrogen and oxygen atoms in total. The van der Waals surface area contributed by atoms with Crippen LogP contribution in [0.3, 0.4) is 0 Å². The van der Waals surface area contributed by atoms with Gasteiger partial charge in [-0.25, -0.2) is 14.8 Å². The number of hydrogen-bond acceptors (Lipinski definition) is 6. The Morgan fingerprint density at radius 1 is 1.20 bits per heavy atom. The van der Waals surface area contributed by atoms with Crippen molar-refractivity contribution < 1.29 is 9.59 Å². The number of carbonyl (C=O) groups excluding carboxylic acids is 2. The van der Waals surface area contributed by atoms with Crippen molar-refractivity contribution in [2.45, 2.75) is 18.9 Å². The van der Waals surface area contributed by atoms with Crippen LogP contribution >= 0.6 is 0 Å². The van der Waals surface area contributed by atoms with Gasteiger partial charge in [0, 0.05) is 63.0 Å². The molecule has 0 unspecified atom stereocenters. The molecule has 3 amide bonds. The van der Waals surface area contributed by atoms with Crippen molar-refractivity contribution in [2.24, 2.45) is 5.92 Å². The number of nitrogens with one attached hydrogen (secondary N) is 1. The van der Waals surface area contributed by atoms with E-state index < -0.39 is 0 Å². The minimum atomic E-state index is -0.300. The predicted octanol–water partition coefficient (Wildman–Crippen LogP) is 0.104. The van der Waals surface area contributed by atoms with Crippen LogP contribution in [-0.2, 0) is 11.3 Å². The molecule has 2 atom stereocenters. The first-order valence-corrected chi connectivity index (χ1v) is 9.87. The van der Waals surface area contributed by atoms with Gasteiger partial charge in [-0.2, -0.15) is 0 Å². The number of nitrogens with two attached hydrogens (primary N) is 1. The number of rotatable bonds is 3. The third kappa shape index (κ3) is 3.85. The van der Waals surface area contributed by atoms with Gasteiger partial charge in [0.25, 0.3) is 5.56 Å². The summed E-state index contributed by atoms with van der Waals surface area (Å²) in [6, 6.07) is 4.88. The normalized spacial score (nSPS) is 19.7. The highest BCUT2D eigenvalue weighted by atomic mass is 16.2. The second-order valence-corrected chi connectivity index (χ2v) is 8.10. The fourth-order valence-electron chi connectivity index (χ4n) is 4.26. The molecule has 0 radical (unpaired) electrons. The lowest BCUT2D eigenvalue weighted by Gasteiger charge is -2.43. The zero-order valence-electron chi connectivity index (χ0n) is 17.0. The maximum absolute atomic E-state index is 12.8. The number of urea groups is 1. The SMILES string of the molecule is CN(C)C(=O)NCC(=O)N1C[C@@H]2C[C@H](C1)c1cc(-c3cc(N)ncn3)cc(=O)n1C2. The third-order valence-electron chi connectivity index (χ3n) is 5.69. The summed E-state index contributed by atoms with van der Waals surface area (Å²) in [5.74, 6) is 0.489. The first-order chi connectivity index (χ1) is 14.3. The Hall–Kier alpha value is -3.43. The van der Waals surface area contributed by atoms with Crippen molar-refractivity contribution in [3.8, 4) is 11.3 Å². The van der Waals surface area contributed by atoms with Crippen LogP contribution < -0.4 is 16.6 Å². The van der Waals surface area contributed by atoms with Crippen molar-refractivity contribution in [1.29, 1.82) is 0 Å². The summed E-state index contributed by atoms with van der Waals surface area (Å²) in [4.78, 5) is 48.5. The topological polar surface area (TPSA) is 126 Å². The molecule has 2 aromatic heterocycles. The molecular weight excluding hydrogens is 386 g/mol. The summed E-state index contributed by atoms with van der Waals surface area (Å²) in [7, 11) is 3.26. The van der Waals surface area contributed by atoms with E-state index in [0.717, 1.165) is 12.1 Å². The number of aromatic nitrogens is 3. The lowest BCUT2D eigenvalue weighted by atomic mass is 9.82. The summed E-state index contributed by atoms with van der Waals surface area (Å²) in [6.07, 6.45) is 2.30. The van der Waals surface area contributed by atoms with Gasteiger partial charge in [0.05, 0.1) is 12.2 Å². The minimum Gasteiger partial charge on any atom is -0.384 e. The standard InChI is InChI=1S/C20H25N7O3/c1-25(2)20(30)22-7-19(29)26-8-12-3-14(10-26)16-4-13(5-18(28)27(16)9-12)15-6-17(21)24-11-23-15/h4-6,11-12,14H,3,7-10H2,1-2H3,(H,22,30)(H2,21,23,24)/t12-,14+/m0/s1. The summed E-state index contributed by atoms with van der Waals surface area (Å²) in [5.41, 5.74) is 7.88. The number of carbonyl (C=O) groups is 2. The molecule has 2 aliphatic rings. The molecule has 1 saturated heterocycles. The van der Waals surface area contributed by atoms with Crippen LogP contribution in [-0.4, -0.2) is 70.0 Å². The van der Waals surface area contributed by atoms with Crippen LogP contribution in [0, 0.1) is 5.92 Å². The zero-order chi connectivity index (χ0) is 21.4. The Morgan fingerprint density at radius 3 is 2.73 bits per heavy atom. The number of anilines is 1. The second-order valence-electron chi connectivity index (χ2n) is 8.10. The fourth-order valence-corrected chi connectivity index (χ4v) is 4.26. The second kappa shape index (κ2) is 7.77. The van der Waals surface area contributed by atoms with Crippen LogP contribution in [0.1, 0.15) is 18.0 Å². The quantitative estimate of drug-likeness (QED) is 0.738. The molecule has 0 aromatic carbocycles. The largest absolute Gasteiger partial charge is 0.384 e. The van der Waals surface area contributed by atoms with Crippen LogP contribution in [0.15, 0.2) is 29.3 Å². The highest BCUT2D eigenvalue weighted by molar-refractivity contribution is 5.84. The summed E-state index contributed by atoms with van der Waals surface area (Å²) >= 11 is 0. The van der Waals surface area contributed by atoms with Crippen molar-refractivity contribution in [2.75, 3.05) is 39.5 Å². The number of fused-ring (bicyclic) bond motifs is 4. The average Bonchev–Trinajstić information content (AvgIpc) is 2.72. The molecule has 0 saturated carbocycles. The molecule has 3 N–H and O–H groups in total. The lowest BCUT2D eigenvalue weighted by Crippen LogP contribution is -2.51. The molecule has 158 valence electrons. The number of nitrogen functional groups attached to an aromatic ring is 1. The van der Waals surface area contributed by atoms with E-state index in [9.17, 15) is 14.4 Å². The van der Waals surface area contributed by atoms with Crippen molar-refractivity contribution in [3.63, 3.8) is 0 Å². The van der Waals surface area contributed by atoms with E-state index in [-0.39, 0.29) is 35.9 Å². The Labute approximate surface area is 173 Å². The van der Waals surface area contributed by atoms with Crippen LogP contribution in [0.25, 0.3) is 11.3 Å². The van der Waals surface area contributed by atoms with Gasteiger partial charge in [-0.15, -0.1) is 0 Å². The molecule has 10 heteroatoms. The lowest BCUT2D eigenvalue weighted by molar-refractivity contribution is -0.132. The van der Waals surface area contributed by atoms with Gasteiger partial charge in [-0.1, -0.05) is 0 Å². The third-order valence-corrected chi connectivity index (χ3v) is 5.69. The molecule has 2 bridgehead atoms. The maximum Gasteiger partial charge on any atom is 0.317 e. The molecule has 2 aliphatic heterocycles. The van der Waals surface area contributed by atoms with Gasteiger partial charge in [-0.3, -0.25) is 9.59 Å². The van der Waals surface area contributed by atoms with E-state index in [1.807, 2.05) is 10.6 Å². The number of likely N-dealkylation sites (tertiary alicyclic amines) is 1. The summed E-state index contributed by atoms with van der Waals surface area (Å²) < 4.78 is 1.81. The molecule has 1 fully saturated rings. The van der Waals surface area contributed by atoms with Crippen LogP contribution in [0.5, 0.6) is 0 Å². The predicted molar refractivity (Wildman–Crippen MR) is 111 cm³/mol. The van der Waals surface area contributed by atoms with Crippen molar-refractivity contribution in [1.82, 2.24) is 29.7 Å².